The Morgan fingerprint density at radius 2 is 1.82 bits per heavy atom. The highest BCUT2D eigenvalue weighted by Crippen LogP contribution is 2.36. The molecule has 2 aliphatic rings. The van der Waals surface area contributed by atoms with Crippen LogP contribution in [0.25, 0.3) is 0 Å². The molecule has 1 unspecified atom stereocenters. The first kappa shape index (κ1) is 21.7. The van der Waals surface area contributed by atoms with Crippen molar-refractivity contribution >= 4 is 29.0 Å². The van der Waals surface area contributed by atoms with Gasteiger partial charge in [0.05, 0.1) is 0 Å². The molecule has 1 atom stereocenters. The predicted octanol–water partition coefficient (Wildman–Crippen LogP) is 4.26. The predicted molar refractivity (Wildman–Crippen MR) is 127 cm³/mol. The molecule has 1 saturated carbocycles. The third-order valence-corrected chi connectivity index (χ3v) is 7.16. The first-order valence-corrected chi connectivity index (χ1v) is 12.5. The van der Waals surface area contributed by atoms with Gasteiger partial charge in [-0.3, -0.25) is 19.5 Å². The second kappa shape index (κ2) is 9.79. The molecule has 170 valence electrons. The second-order valence-electron chi connectivity index (χ2n) is 8.76. The quantitative estimate of drug-likeness (QED) is 0.593. The zero-order chi connectivity index (χ0) is 22.6. The minimum atomic E-state index is -0.823. The van der Waals surface area contributed by atoms with Crippen molar-refractivity contribution in [2.45, 2.75) is 63.5 Å². The fraction of sp³-hybridized carbons (Fsp3) is 0.400. The third kappa shape index (κ3) is 4.53. The molecule has 0 aliphatic heterocycles. The van der Waals surface area contributed by atoms with Crippen molar-refractivity contribution in [3.05, 3.63) is 70.5 Å². The number of carbonyl (C=O) groups excluding carboxylic acids is 2. The summed E-state index contributed by atoms with van der Waals surface area (Å²) >= 11 is 1.13. The zero-order valence-corrected chi connectivity index (χ0v) is 19.3. The van der Waals surface area contributed by atoms with E-state index >= 15 is 0 Å². The number of rotatable bonds is 6. The standard InChI is InChI=1S/C25H27N5O2S/c31-24(27-19-8-2-3-9-19)23(18-12-14-26-15-13-18)30(25(32)21-16-33-29-28-21)22-11-5-7-17-6-1-4-10-20(17)22/h5,7,11-16,19,23H,1-4,6,8-10H2,(H,27,31). The molecule has 1 fully saturated rings. The van der Waals surface area contributed by atoms with E-state index in [-0.39, 0.29) is 23.6 Å². The van der Waals surface area contributed by atoms with Crippen LogP contribution in [0.2, 0.25) is 0 Å². The van der Waals surface area contributed by atoms with E-state index in [4.69, 9.17) is 0 Å². The maximum absolute atomic E-state index is 13.9. The van der Waals surface area contributed by atoms with E-state index in [1.807, 2.05) is 24.3 Å². The first-order valence-electron chi connectivity index (χ1n) is 11.6. The van der Waals surface area contributed by atoms with E-state index in [0.29, 0.717) is 0 Å². The van der Waals surface area contributed by atoms with Crippen LogP contribution >= 0.6 is 11.5 Å². The number of anilines is 1. The van der Waals surface area contributed by atoms with Gasteiger partial charge in [0.25, 0.3) is 5.91 Å². The molecule has 8 heteroatoms. The number of nitrogens with one attached hydrogen (secondary N) is 1. The van der Waals surface area contributed by atoms with Crippen LogP contribution < -0.4 is 10.2 Å². The fourth-order valence-electron chi connectivity index (χ4n) is 5.05. The fourth-order valence-corrected chi connectivity index (χ4v) is 5.48. The molecular formula is C25H27N5O2S. The molecule has 7 nitrogen and oxygen atoms in total. The van der Waals surface area contributed by atoms with Gasteiger partial charge in [-0.2, -0.15) is 0 Å². The monoisotopic (exact) mass is 461 g/mol. The highest BCUT2D eigenvalue weighted by atomic mass is 32.1. The summed E-state index contributed by atoms with van der Waals surface area (Å²) in [6, 6.07) is 9.02. The van der Waals surface area contributed by atoms with Gasteiger partial charge in [0.2, 0.25) is 5.91 Å². The van der Waals surface area contributed by atoms with Crippen LogP contribution in [0.1, 0.15) is 71.7 Å². The van der Waals surface area contributed by atoms with Crippen molar-refractivity contribution in [2.24, 2.45) is 0 Å². The molecule has 0 bridgehead atoms. The summed E-state index contributed by atoms with van der Waals surface area (Å²) in [6.45, 7) is 0. The van der Waals surface area contributed by atoms with E-state index in [1.54, 1.807) is 22.7 Å². The first-order chi connectivity index (χ1) is 16.2. The molecular weight excluding hydrogens is 434 g/mol. The summed E-state index contributed by atoms with van der Waals surface area (Å²) in [5, 5.41) is 8.91. The molecule has 1 aromatic carbocycles. The van der Waals surface area contributed by atoms with E-state index in [0.717, 1.165) is 79.7 Å². The van der Waals surface area contributed by atoms with Gasteiger partial charge in [0.15, 0.2) is 5.69 Å². The van der Waals surface area contributed by atoms with Crippen molar-refractivity contribution in [1.82, 2.24) is 19.9 Å². The van der Waals surface area contributed by atoms with Gasteiger partial charge >= 0.3 is 0 Å². The lowest BCUT2D eigenvalue weighted by Crippen LogP contribution is -2.47. The van der Waals surface area contributed by atoms with E-state index in [9.17, 15) is 9.59 Å². The molecule has 0 radical (unpaired) electrons. The largest absolute Gasteiger partial charge is 0.351 e. The normalized spacial score (nSPS) is 16.7. The number of hydrogen-bond donors (Lipinski definition) is 1. The lowest BCUT2D eigenvalue weighted by Gasteiger charge is -2.34. The summed E-state index contributed by atoms with van der Waals surface area (Å²) in [5.41, 5.74) is 4.16. The summed E-state index contributed by atoms with van der Waals surface area (Å²) in [5.74, 6) is -0.482. The number of fused-ring (bicyclic) bond motifs is 1. The summed E-state index contributed by atoms with van der Waals surface area (Å²) < 4.78 is 3.90. The maximum Gasteiger partial charge on any atom is 0.280 e. The van der Waals surface area contributed by atoms with Crippen LogP contribution in [0.15, 0.2) is 48.1 Å². The lowest BCUT2D eigenvalue weighted by molar-refractivity contribution is -0.123. The highest BCUT2D eigenvalue weighted by Gasteiger charge is 2.37. The number of amides is 2. The third-order valence-electron chi connectivity index (χ3n) is 6.66. The Bertz CT molecular complexity index is 1110. The number of nitrogens with zero attached hydrogens (tertiary/aromatic N) is 4. The topological polar surface area (TPSA) is 88.1 Å². The second-order valence-corrected chi connectivity index (χ2v) is 9.37. The molecule has 5 rings (SSSR count). The van der Waals surface area contributed by atoms with Gasteiger partial charge in [0, 0.05) is 29.5 Å². The summed E-state index contributed by atoms with van der Waals surface area (Å²) in [7, 11) is 0. The van der Waals surface area contributed by atoms with Crippen LogP contribution in [0.4, 0.5) is 5.69 Å². The van der Waals surface area contributed by atoms with Crippen molar-refractivity contribution in [2.75, 3.05) is 4.90 Å². The number of benzene rings is 1. The van der Waals surface area contributed by atoms with E-state index < -0.39 is 6.04 Å². The Morgan fingerprint density at radius 1 is 1.03 bits per heavy atom. The molecule has 2 amide bonds. The Kier molecular flexibility index (Phi) is 6.44. The number of aryl methyl sites for hydroxylation is 1. The van der Waals surface area contributed by atoms with Crippen LogP contribution in [0, 0.1) is 0 Å². The maximum atomic E-state index is 13.9. The van der Waals surface area contributed by atoms with Gasteiger partial charge in [-0.05, 0) is 84.9 Å². The van der Waals surface area contributed by atoms with Crippen molar-refractivity contribution in [3.8, 4) is 0 Å². The Balaban J connectivity index is 1.63. The van der Waals surface area contributed by atoms with Crippen LogP contribution in [-0.4, -0.2) is 32.4 Å². The lowest BCUT2D eigenvalue weighted by atomic mass is 9.89. The van der Waals surface area contributed by atoms with Gasteiger partial charge in [-0.15, -0.1) is 5.10 Å². The van der Waals surface area contributed by atoms with Crippen LogP contribution in [0.3, 0.4) is 0 Å². The molecule has 2 aliphatic carbocycles. The smallest absolute Gasteiger partial charge is 0.280 e. The van der Waals surface area contributed by atoms with Crippen molar-refractivity contribution in [1.29, 1.82) is 0 Å². The SMILES string of the molecule is O=C(NC1CCCC1)C(c1ccncc1)N(C(=O)c1csnn1)c1cccc2c1CCCC2. The minimum Gasteiger partial charge on any atom is -0.351 e. The Hall–Kier alpha value is -3.13. The molecule has 2 heterocycles. The number of pyridine rings is 1. The average Bonchev–Trinajstić information content (AvgIpc) is 3.57. The number of aromatic nitrogens is 3. The van der Waals surface area contributed by atoms with Crippen molar-refractivity contribution in [3.63, 3.8) is 0 Å². The minimum absolute atomic E-state index is 0.143. The summed E-state index contributed by atoms with van der Waals surface area (Å²) in [4.78, 5) is 33.5. The molecule has 1 N–H and O–H groups in total. The van der Waals surface area contributed by atoms with Gasteiger partial charge < -0.3 is 5.32 Å². The molecule has 0 saturated heterocycles. The number of hydrogen-bond acceptors (Lipinski definition) is 6. The Labute approximate surface area is 197 Å². The van der Waals surface area contributed by atoms with Crippen molar-refractivity contribution < 1.29 is 9.59 Å². The summed E-state index contributed by atoms with van der Waals surface area (Å²) in [6.07, 6.45) is 11.6. The Morgan fingerprint density at radius 3 is 2.58 bits per heavy atom. The van der Waals surface area contributed by atoms with Crippen LogP contribution in [-0.2, 0) is 17.6 Å². The molecule has 2 aromatic heterocycles. The number of carbonyl (C=O) groups is 2. The molecule has 0 spiro atoms. The van der Waals surface area contributed by atoms with Gasteiger partial charge in [-0.25, -0.2) is 0 Å². The molecule has 3 aromatic rings. The molecule has 33 heavy (non-hydrogen) atoms. The zero-order valence-electron chi connectivity index (χ0n) is 18.4. The van der Waals surface area contributed by atoms with E-state index in [1.165, 1.54) is 5.56 Å². The highest BCUT2D eigenvalue weighted by molar-refractivity contribution is 7.03. The van der Waals surface area contributed by atoms with Gasteiger partial charge in [0.1, 0.15) is 6.04 Å². The van der Waals surface area contributed by atoms with E-state index in [2.05, 4.69) is 26.0 Å². The average molecular weight is 462 g/mol. The van der Waals surface area contributed by atoms with Gasteiger partial charge in [-0.1, -0.05) is 29.5 Å². The van der Waals surface area contributed by atoms with Crippen LogP contribution in [0.5, 0.6) is 0 Å².